The van der Waals surface area contributed by atoms with E-state index in [1.54, 1.807) is 38.5 Å². The second-order valence-corrected chi connectivity index (χ2v) is 11.7. The molecule has 0 fully saturated rings. The largest absolute Gasteiger partial charge is 0.299 e. The fraction of sp³-hybridized carbons (Fsp3) is 0.0192. The first-order valence-corrected chi connectivity index (χ1v) is 18.7. The molecule has 0 unspecified atom stereocenters. The average molecular weight is 966 g/mol. The van der Waals surface area contributed by atoms with Crippen LogP contribution in [0.2, 0.25) is 0 Å². The van der Waals surface area contributed by atoms with Crippen LogP contribution in [0.5, 0.6) is 0 Å². The number of benzene rings is 6. The molecule has 6 aromatic carbocycles. The Morgan fingerprint density at radius 3 is 0.517 bits per heavy atom. The van der Waals surface area contributed by atoms with Gasteiger partial charge in [-0.05, 0) is 33.4 Å². The van der Waals surface area contributed by atoms with Gasteiger partial charge < -0.3 is 0 Å². The molecule has 0 heterocycles. The second kappa shape index (κ2) is 33.9. The summed E-state index contributed by atoms with van der Waals surface area (Å²) >= 11 is 4.64. The Morgan fingerprint density at radius 1 is 0.276 bits per heavy atom. The van der Waals surface area contributed by atoms with Gasteiger partial charge in [-0.15, -0.1) is 11.6 Å². The third kappa shape index (κ3) is 24.7. The maximum atomic E-state index is 11.6. The normalized spacial score (nSPS) is 9.62. The predicted molar refractivity (Wildman–Crippen MR) is 232 cm³/mol. The van der Waals surface area contributed by atoms with E-state index < -0.39 is 0 Å². The maximum Gasteiger partial charge on any atom is 0.141 e. The van der Waals surface area contributed by atoms with Crippen LogP contribution in [0.25, 0.3) is 0 Å². The molecule has 6 heteroatoms. The van der Waals surface area contributed by atoms with Crippen LogP contribution in [0, 0.1) is 77.0 Å². The number of carbonyl (C=O) groups excluding carboxylic acids is 3. The minimum absolute atomic E-state index is 0. The van der Waals surface area contributed by atoms with Crippen molar-refractivity contribution in [3.05, 3.63) is 292 Å². The zero-order chi connectivity index (χ0) is 39.9. The van der Waals surface area contributed by atoms with Crippen LogP contribution in [-0.4, -0.2) is 23.7 Å². The van der Waals surface area contributed by atoms with Crippen molar-refractivity contribution in [1.82, 2.24) is 0 Å². The van der Waals surface area contributed by atoms with E-state index in [-0.39, 0.29) is 58.2 Å². The Labute approximate surface area is 380 Å². The van der Waals surface area contributed by atoms with Crippen molar-refractivity contribution in [3.8, 4) is 0 Å². The van der Waals surface area contributed by atoms with E-state index in [9.17, 15) is 14.4 Å². The van der Waals surface area contributed by atoms with Gasteiger partial charge in [0.25, 0.3) is 0 Å². The molecule has 0 spiro atoms. The molecule has 3 nitrogen and oxygen atoms in total. The second-order valence-electron chi connectivity index (χ2n) is 11.7. The summed E-state index contributed by atoms with van der Waals surface area (Å²) in [5.74, 6) is -0.0341. The molecule has 0 aliphatic carbocycles. The molecule has 0 bridgehead atoms. The molecule has 0 aliphatic rings. The smallest absolute Gasteiger partial charge is 0.141 e. The molecular weight excluding hydrogens is 921 g/mol. The van der Waals surface area contributed by atoms with Gasteiger partial charge in [0.15, 0.2) is 0 Å². The van der Waals surface area contributed by atoms with Crippen LogP contribution in [0.1, 0.15) is 33.4 Å². The summed E-state index contributed by atoms with van der Waals surface area (Å²) in [5, 5.41) is 0. The molecule has 0 saturated carbocycles. The number of Topliss-reactive ketones (excluding diaryl/α,β-unsaturated/α-hetero) is 3. The number of halogens is 1. The monoisotopic (exact) mass is 964 g/mol. The number of alkyl halides is 1. The third-order valence-electron chi connectivity index (χ3n) is 7.44. The SMILES string of the molecule is CCl.O=C([CH][CH]c1ccccc1)[CH][CH]c1ccccc1.O=C([CH][CH]c1ccccc1)[CH][CH]c1ccccc1.O=C([CH][CH]c1ccccc1)[CH][CH]c1ccccc1.[Pd].[Pd]. The first-order chi connectivity index (χ1) is 27.5. The van der Waals surface area contributed by atoms with E-state index >= 15 is 0 Å². The fourth-order valence-electron chi connectivity index (χ4n) is 4.62. The molecule has 58 heavy (non-hydrogen) atoms. The topological polar surface area (TPSA) is 51.2 Å². The number of hydrogen-bond donors (Lipinski definition) is 0. The average Bonchev–Trinajstić information content (AvgIpc) is 3.28. The van der Waals surface area contributed by atoms with Gasteiger partial charge in [0.2, 0.25) is 0 Å². The Bertz CT molecular complexity index is 1530. The summed E-state index contributed by atoms with van der Waals surface area (Å²) < 4.78 is 0. The summed E-state index contributed by atoms with van der Waals surface area (Å²) in [5.41, 5.74) is 6.16. The van der Waals surface area contributed by atoms with Gasteiger partial charge in [0.05, 0.1) is 0 Å². The number of ketones is 3. The fourth-order valence-corrected chi connectivity index (χ4v) is 4.62. The van der Waals surface area contributed by atoms with Crippen LogP contribution in [0.4, 0.5) is 0 Å². The first kappa shape index (κ1) is 52.0. The standard InChI is InChI=1S/3C17H14O.CH3Cl.2Pd/c3*18-17(13-11-15-7-3-1-4-8-15)14-12-16-9-5-2-6-10-16;1-2;;/h3*1-14H;1H3;;. The zero-order valence-corrected chi connectivity index (χ0v) is 35.8. The van der Waals surface area contributed by atoms with Gasteiger partial charge in [-0.2, -0.15) is 0 Å². The van der Waals surface area contributed by atoms with Crippen molar-refractivity contribution in [3.63, 3.8) is 0 Å². The summed E-state index contributed by atoms with van der Waals surface area (Å²) in [4.78, 5) is 34.8. The van der Waals surface area contributed by atoms with Crippen molar-refractivity contribution in [1.29, 1.82) is 0 Å². The van der Waals surface area contributed by atoms with E-state index in [0.717, 1.165) is 33.4 Å². The summed E-state index contributed by atoms with van der Waals surface area (Å²) in [6.45, 7) is 0. The van der Waals surface area contributed by atoms with Crippen molar-refractivity contribution >= 4 is 29.0 Å². The quantitative estimate of drug-likeness (QED) is 0.0637. The van der Waals surface area contributed by atoms with Crippen LogP contribution in [-0.2, 0) is 55.2 Å². The third-order valence-corrected chi connectivity index (χ3v) is 7.44. The van der Waals surface area contributed by atoms with Gasteiger partial charge >= 0.3 is 0 Å². The summed E-state index contributed by atoms with van der Waals surface area (Å²) in [6, 6.07) is 58.7. The Kier molecular flexibility index (Phi) is 30.3. The van der Waals surface area contributed by atoms with Gasteiger partial charge in [-0.3, -0.25) is 14.4 Å². The van der Waals surface area contributed by atoms with Gasteiger partial charge in [-0.1, -0.05) is 182 Å². The molecular formula is C52H45ClO3Pd2. The van der Waals surface area contributed by atoms with E-state index in [1.165, 1.54) is 6.38 Å². The maximum absolute atomic E-state index is 11.6. The molecule has 6 aromatic rings. The Balaban J connectivity index is 0.000000418. The van der Waals surface area contributed by atoms with Gasteiger partial charge in [-0.25, -0.2) is 0 Å². The minimum Gasteiger partial charge on any atom is -0.299 e. The molecule has 0 N–H and O–H groups in total. The zero-order valence-electron chi connectivity index (χ0n) is 32.0. The predicted octanol–water partition coefficient (Wildman–Crippen LogP) is 11.3. The molecule has 0 amide bonds. The van der Waals surface area contributed by atoms with Crippen LogP contribution in [0.15, 0.2) is 182 Å². The number of carbonyl (C=O) groups is 3. The molecule has 0 aromatic heterocycles. The molecule has 0 saturated heterocycles. The summed E-state index contributed by atoms with van der Waals surface area (Å²) in [6.07, 6.45) is 21.8. The Hall–Kier alpha value is -4.06. The Morgan fingerprint density at radius 2 is 0.397 bits per heavy atom. The van der Waals surface area contributed by atoms with Crippen LogP contribution >= 0.6 is 11.6 Å². The van der Waals surface area contributed by atoms with Crippen molar-refractivity contribution in [2.24, 2.45) is 0 Å². The molecule has 0 atom stereocenters. The van der Waals surface area contributed by atoms with E-state index in [2.05, 4.69) is 11.6 Å². The number of hydrogen-bond acceptors (Lipinski definition) is 3. The van der Waals surface area contributed by atoms with Crippen molar-refractivity contribution < 1.29 is 55.2 Å². The van der Waals surface area contributed by atoms with E-state index in [0.29, 0.717) is 0 Å². The minimum atomic E-state index is -0.0114. The van der Waals surface area contributed by atoms with E-state index in [1.807, 2.05) is 221 Å². The molecule has 298 valence electrons. The van der Waals surface area contributed by atoms with Gasteiger partial charge in [0.1, 0.15) is 17.3 Å². The molecule has 0 aliphatic heterocycles. The van der Waals surface area contributed by atoms with Crippen molar-refractivity contribution in [2.75, 3.05) is 6.38 Å². The molecule has 6 rings (SSSR count). The van der Waals surface area contributed by atoms with Crippen LogP contribution in [0.3, 0.4) is 0 Å². The first-order valence-electron chi connectivity index (χ1n) is 17.9. The number of rotatable bonds is 18. The van der Waals surface area contributed by atoms with Crippen molar-refractivity contribution in [2.45, 2.75) is 0 Å². The summed E-state index contributed by atoms with van der Waals surface area (Å²) in [7, 11) is 0. The van der Waals surface area contributed by atoms with E-state index in [4.69, 9.17) is 0 Å². The molecule has 12 radical (unpaired) electrons. The van der Waals surface area contributed by atoms with Gasteiger partial charge in [0, 0.05) is 124 Å². The van der Waals surface area contributed by atoms with Crippen LogP contribution < -0.4 is 0 Å².